The van der Waals surface area contributed by atoms with Crippen LogP contribution >= 0.6 is 0 Å². The number of phenols is 2. The maximum Gasteiger partial charge on any atom is 0.231 e. The van der Waals surface area contributed by atoms with Gasteiger partial charge in [0, 0.05) is 59.1 Å². The Kier molecular flexibility index (Phi) is 14.7. The predicted octanol–water partition coefficient (Wildman–Crippen LogP) is 12.2. The number of likely N-dealkylation sites (tertiary alicyclic amines) is 2. The van der Waals surface area contributed by atoms with Crippen LogP contribution < -0.4 is 23.7 Å². The van der Waals surface area contributed by atoms with Crippen molar-refractivity contribution in [3.8, 4) is 62.8 Å². The van der Waals surface area contributed by atoms with E-state index in [1.54, 1.807) is 19.2 Å². The summed E-state index contributed by atoms with van der Waals surface area (Å²) >= 11 is 0. The average molecular weight is 955 g/mol. The van der Waals surface area contributed by atoms with Crippen LogP contribution in [-0.2, 0) is 13.1 Å². The summed E-state index contributed by atoms with van der Waals surface area (Å²) in [4.78, 5) is 4.99. The standard InChI is InChI=1S/C30H32N2O4.C30H34N2O3/c1-21-26-18-24(33)8-11-27(26)32(30(21)23-7-12-28-29(17-23)36-20-35-28)19-22-5-9-25(10-6-22)34-16-15-31-13-3-2-4-14-31;1-22-26-8-4-5-9-27(26)32(30(22)24-12-15-28(33)29(20-24)34-2)21-23-10-13-25(14-11-23)35-19-18-31-16-6-3-7-17-31/h5-12,17-18,33H,2-4,13-16,19-20H2,1H3;4-5,8-15,20,33H,3,6-7,16-19,21H2,1-2H3. The minimum absolute atomic E-state index is 0.146. The van der Waals surface area contributed by atoms with Crippen molar-refractivity contribution in [2.75, 3.05) is 66.4 Å². The number of hydrogen-bond donors (Lipinski definition) is 2. The van der Waals surface area contributed by atoms with E-state index >= 15 is 0 Å². The average Bonchev–Trinajstić information content (AvgIpc) is 4.07. The summed E-state index contributed by atoms with van der Waals surface area (Å²) < 4.78 is 33.3. The van der Waals surface area contributed by atoms with Gasteiger partial charge in [-0.2, -0.15) is 0 Å². The van der Waals surface area contributed by atoms with Crippen LogP contribution in [0.3, 0.4) is 0 Å². The summed E-state index contributed by atoms with van der Waals surface area (Å²) in [5.74, 6) is 4.25. The van der Waals surface area contributed by atoms with Crippen molar-refractivity contribution in [3.05, 3.63) is 150 Å². The van der Waals surface area contributed by atoms with Gasteiger partial charge in [0.1, 0.15) is 30.5 Å². The largest absolute Gasteiger partial charge is 0.508 e. The van der Waals surface area contributed by atoms with E-state index in [0.29, 0.717) is 12.3 Å². The van der Waals surface area contributed by atoms with E-state index in [-0.39, 0.29) is 18.3 Å². The Balaban J connectivity index is 0.000000164. The van der Waals surface area contributed by atoms with Gasteiger partial charge in [-0.15, -0.1) is 0 Å². The van der Waals surface area contributed by atoms with E-state index in [0.717, 1.165) is 94.8 Å². The number of benzene rings is 6. The quantitative estimate of drug-likeness (QED) is 0.104. The molecule has 6 aromatic carbocycles. The molecular weight excluding hydrogens is 889 g/mol. The summed E-state index contributed by atoms with van der Waals surface area (Å²) in [6.07, 6.45) is 7.93. The van der Waals surface area contributed by atoms with E-state index in [1.807, 2.05) is 36.4 Å². The van der Waals surface area contributed by atoms with Gasteiger partial charge in [0.15, 0.2) is 23.0 Å². The number of aromatic hydroxyl groups is 2. The first-order valence-corrected chi connectivity index (χ1v) is 25.3. The number of methoxy groups -OCH3 is 1. The van der Waals surface area contributed by atoms with Crippen LogP contribution in [0.25, 0.3) is 44.3 Å². The zero-order valence-corrected chi connectivity index (χ0v) is 41.4. The fraction of sp³-hybridized carbons (Fsp3) is 0.333. The van der Waals surface area contributed by atoms with E-state index in [4.69, 9.17) is 23.7 Å². The second-order valence-corrected chi connectivity index (χ2v) is 19.1. The molecule has 5 heterocycles. The fourth-order valence-electron chi connectivity index (χ4n) is 10.6. The number of phenolic OH excluding ortho intramolecular Hbond substituents is 2. The van der Waals surface area contributed by atoms with E-state index in [9.17, 15) is 10.2 Å². The van der Waals surface area contributed by atoms with Gasteiger partial charge in [-0.05, 0) is 173 Å². The fourth-order valence-corrected chi connectivity index (χ4v) is 10.6. The molecule has 2 aromatic heterocycles. The highest BCUT2D eigenvalue weighted by Crippen LogP contribution is 2.41. The topological polar surface area (TPSA) is 103 Å². The molecule has 0 saturated carbocycles. The molecule has 2 N–H and O–H groups in total. The monoisotopic (exact) mass is 954 g/mol. The highest BCUT2D eigenvalue weighted by Gasteiger charge is 2.22. The number of ether oxygens (including phenoxy) is 5. The van der Waals surface area contributed by atoms with Gasteiger partial charge in [0.25, 0.3) is 0 Å². The Morgan fingerprint density at radius 3 is 1.66 bits per heavy atom. The van der Waals surface area contributed by atoms with Crippen LogP contribution in [0.5, 0.6) is 40.2 Å². The van der Waals surface area contributed by atoms with Gasteiger partial charge in [-0.3, -0.25) is 9.80 Å². The van der Waals surface area contributed by atoms with E-state index in [1.165, 1.54) is 92.3 Å². The van der Waals surface area contributed by atoms with Gasteiger partial charge in [0.2, 0.25) is 6.79 Å². The Hall–Kier alpha value is -7.08. The van der Waals surface area contributed by atoms with Gasteiger partial charge in [-0.25, -0.2) is 0 Å². The zero-order valence-electron chi connectivity index (χ0n) is 41.4. The normalized spacial score (nSPS) is 14.9. The number of rotatable bonds is 15. The van der Waals surface area contributed by atoms with Crippen molar-refractivity contribution in [1.29, 1.82) is 0 Å². The number of hydrogen-bond acceptors (Lipinski definition) is 9. The molecule has 11 heteroatoms. The van der Waals surface area contributed by atoms with Crippen molar-refractivity contribution in [2.45, 2.75) is 65.5 Å². The lowest BCUT2D eigenvalue weighted by atomic mass is 10.1. The number of fused-ring (bicyclic) bond motifs is 3. The summed E-state index contributed by atoms with van der Waals surface area (Å²) in [5.41, 5.74) is 11.3. The highest BCUT2D eigenvalue weighted by molar-refractivity contribution is 5.93. The number of aromatic nitrogens is 2. The number of aryl methyl sites for hydroxylation is 2. The molecule has 11 nitrogen and oxygen atoms in total. The predicted molar refractivity (Wildman–Crippen MR) is 283 cm³/mol. The molecule has 0 amide bonds. The van der Waals surface area contributed by atoms with Crippen molar-refractivity contribution in [1.82, 2.24) is 18.9 Å². The Morgan fingerprint density at radius 1 is 0.521 bits per heavy atom. The first-order valence-electron chi connectivity index (χ1n) is 25.3. The van der Waals surface area contributed by atoms with Gasteiger partial charge >= 0.3 is 0 Å². The van der Waals surface area contributed by atoms with Crippen LogP contribution in [0.1, 0.15) is 60.8 Å². The Morgan fingerprint density at radius 2 is 1.06 bits per heavy atom. The van der Waals surface area contributed by atoms with Crippen LogP contribution in [0, 0.1) is 13.8 Å². The second-order valence-electron chi connectivity index (χ2n) is 19.1. The molecule has 0 spiro atoms. The Bertz CT molecular complexity index is 3070. The first-order chi connectivity index (χ1) is 34.8. The van der Waals surface area contributed by atoms with Gasteiger partial charge < -0.3 is 43.0 Å². The molecule has 0 aliphatic carbocycles. The van der Waals surface area contributed by atoms with Crippen LogP contribution in [-0.4, -0.2) is 95.5 Å². The van der Waals surface area contributed by atoms with Gasteiger partial charge in [0.05, 0.1) is 18.5 Å². The maximum absolute atomic E-state index is 10.2. The smallest absolute Gasteiger partial charge is 0.231 e. The highest BCUT2D eigenvalue weighted by atomic mass is 16.7. The molecule has 71 heavy (non-hydrogen) atoms. The molecule has 3 aliphatic rings. The number of nitrogens with zero attached hydrogens (tertiary/aromatic N) is 4. The lowest BCUT2D eigenvalue weighted by Gasteiger charge is -2.26. The molecule has 3 aliphatic heterocycles. The van der Waals surface area contributed by atoms with E-state index < -0.39 is 0 Å². The summed E-state index contributed by atoms with van der Waals surface area (Å²) in [5, 5.41) is 22.5. The minimum atomic E-state index is 0.146. The van der Waals surface area contributed by atoms with Crippen LogP contribution in [0.15, 0.2) is 127 Å². The number of piperidine rings is 2. The Labute approximate surface area is 417 Å². The molecule has 8 aromatic rings. The molecule has 0 unspecified atom stereocenters. The second kappa shape index (κ2) is 21.9. The SMILES string of the molecule is COc1cc(-c2c(C)c3ccccc3n2Cc2ccc(OCCN3CCCCC3)cc2)ccc1O.Cc1c(-c2ccc3c(c2)OCO3)n(Cc2ccc(OCCN3CCCCC3)cc2)c2ccc(O)cc12. The first kappa shape index (κ1) is 47.6. The van der Waals surface area contributed by atoms with Crippen LogP contribution in [0.4, 0.5) is 0 Å². The number of para-hydroxylation sites is 1. The molecule has 0 radical (unpaired) electrons. The summed E-state index contributed by atoms with van der Waals surface area (Å²) in [6.45, 7) is 14.2. The zero-order chi connectivity index (χ0) is 48.7. The van der Waals surface area contributed by atoms with Crippen molar-refractivity contribution < 1.29 is 33.9 Å². The molecule has 2 saturated heterocycles. The van der Waals surface area contributed by atoms with Gasteiger partial charge in [-0.1, -0.05) is 55.3 Å². The molecule has 2 fully saturated rings. The van der Waals surface area contributed by atoms with Crippen molar-refractivity contribution in [3.63, 3.8) is 0 Å². The summed E-state index contributed by atoms with van der Waals surface area (Å²) in [7, 11) is 1.58. The lowest BCUT2D eigenvalue weighted by Crippen LogP contribution is -2.33. The minimum Gasteiger partial charge on any atom is -0.508 e. The lowest BCUT2D eigenvalue weighted by molar-refractivity contribution is 0.174. The molecule has 11 rings (SSSR count). The van der Waals surface area contributed by atoms with Crippen molar-refractivity contribution in [2.24, 2.45) is 0 Å². The third kappa shape index (κ3) is 10.8. The summed E-state index contributed by atoms with van der Waals surface area (Å²) in [6, 6.07) is 42.6. The van der Waals surface area contributed by atoms with Crippen LogP contribution in [0.2, 0.25) is 0 Å². The maximum atomic E-state index is 10.2. The molecule has 0 bridgehead atoms. The molecule has 368 valence electrons. The third-order valence-electron chi connectivity index (χ3n) is 14.4. The molecule has 0 atom stereocenters. The van der Waals surface area contributed by atoms with Crippen molar-refractivity contribution >= 4 is 21.8 Å². The molecular formula is C60H66N4O7. The third-order valence-corrected chi connectivity index (χ3v) is 14.4. The van der Waals surface area contributed by atoms with E-state index in [2.05, 4.69) is 112 Å².